The summed E-state index contributed by atoms with van der Waals surface area (Å²) in [5.41, 5.74) is 2.64. The molecule has 5 heteroatoms. The Balaban J connectivity index is 2.68. The van der Waals surface area contributed by atoms with E-state index < -0.39 is 0 Å². The summed E-state index contributed by atoms with van der Waals surface area (Å²) >= 11 is 0. The van der Waals surface area contributed by atoms with Gasteiger partial charge in [-0.05, 0) is 20.4 Å². The molecule has 0 atom stereocenters. The van der Waals surface area contributed by atoms with Crippen LogP contribution in [0.1, 0.15) is 18.3 Å². The number of hydrogen-bond acceptors (Lipinski definition) is 3. The fourth-order valence-electron chi connectivity index (χ4n) is 1.38. The molecule has 0 unspecified atom stereocenters. The van der Waals surface area contributed by atoms with Crippen molar-refractivity contribution in [3.05, 3.63) is 11.4 Å². The van der Waals surface area contributed by atoms with E-state index in [2.05, 4.69) is 15.7 Å². The van der Waals surface area contributed by atoms with Gasteiger partial charge in [-0.15, -0.1) is 0 Å². The number of nitrogens with one attached hydrogen (secondary N) is 2. The second-order valence-electron chi connectivity index (χ2n) is 3.50. The molecule has 5 nitrogen and oxygen atoms in total. The van der Waals surface area contributed by atoms with Crippen LogP contribution in [0.3, 0.4) is 0 Å². The predicted octanol–water partition coefficient (Wildman–Crippen LogP) is 0.585. The summed E-state index contributed by atoms with van der Waals surface area (Å²) in [5, 5.41) is 10.0. The van der Waals surface area contributed by atoms with Crippen molar-refractivity contribution in [2.45, 2.75) is 20.8 Å². The van der Waals surface area contributed by atoms with Crippen LogP contribution < -0.4 is 10.6 Å². The van der Waals surface area contributed by atoms with Crippen molar-refractivity contribution >= 4 is 11.6 Å². The highest BCUT2D eigenvalue weighted by Gasteiger charge is 2.11. The van der Waals surface area contributed by atoms with Gasteiger partial charge in [-0.2, -0.15) is 5.10 Å². The lowest BCUT2D eigenvalue weighted by Crippen LogP contribution is -2.28. The number of rotatable bonds is 4. The summed E-state index contributed by atoms with van der Waals surface area (Å²) in [5.74, 6) is -0.0314. The molecule has 1 amide bonds. The molecule has 0 aromatic carbocycles. The molecule has 0 fully saturated rings. The molecule has 0 bridgehead atoms. The molecule has 0 spiro atoms. The first-order chi connectivity index (χ1) is 7.06. The maximum Gasteiger partial charge on any atom is 0.238 e. The van der Waals surface area contributed by atoms with E-state index in [4.69, 9.17) is 0 Å². The van der Waals surface area contributed by atoms with Crippen LogP contribution in [0.25, 0.3) is 0 Å². The van der Waals surface area contributed by atoms with Gasteiger partial charge in [0.1, 0.15) is 0 Å². The fourth-order valence-corrected chi connectivity index (χ4v) is 1.38. The van der Waals surface area contributed by atoms with E-state index in [0.29, 0.717) is 6.54 Å². The lowest BCUT2D eigenvalue weighted by atomic mass is 10.3. The third-order valence-electron chi connectivity index (χ3n) is 2.31. The van der Waals surface area contributed by atoms with E-state index in [1.54, 1.807) is 4.68 Å². The van der Waals surface area contributed by atoms with Gasteiger partial charge in [-0.3, -0.25) is 9.48 Å². The lowest BCUT2D eigenvalue weighted by molar-refractivity contribution is -0.115. The van der Waals surface area contributed by atoms with E-state index in [0.717, 1.165) is 23.6 Å². The van der Waals surface area contributed by atoms with E-state index in [9.17, 15) is 4.79 Å². The maximum atomic E-state index is 11.5. The molecule has 0 aliphatic heterocycles. The number of carbonyl (C=O) groups is 1. The van der Waals surface area contributed by atoms with Gasteiger partial charge in [0.05, 0.1) is 23.6 Å². The Morgan fingerprint density at radius 2 is 2.13 bits per heavy atom. The van der Waals surface area contributed by atoms with Crippen molar-refractivity contribution in [3.8, 4) is 0 Å². The summed E-state index contributed by atoms with van der Waals surface area (Å²) in [6.07, 6.45) is 0. The Hall–Kier alpha value is -1.36. The molecule has 0 aliphatic rings. The van der Waals surface area contributed by atoms with Crippen molar-refractivity contribution in [2.24, 2.45) is 7.05 Å². The van der Waals surface area contributed by atoms with Gasteiger partial charge in [-0.1, -0.05) is 6.92 Å². The highest BCUT2D eigenvalue weighted by atomic mass is 16.1. The van der Waals surface area contributed by atoms with Gasteiger partial charge in [0.2, 0.25) is 5.91 Å². The number of amides is 1. The zero-order valence-electron chi connectivity index (χ0n) is 9.72. The second-order valence-corrected chi connectivity index (χ2v) is 3.50. The molecular formula is C10H18N4O. The molecule has 84 valence electrons. The summed E-state index contributed by atoms with van der Waals surface area (Å²) in [6.45, 7) is 6.91. The highest BCUT2D eigenvalue weighted by molar-refractivity contribution is 5.93. The molecule has 0 aliphatic carbocycles. The Labute approximate surface area is 89.9 Å². The fraction of sp³-hybridized carbons (Fsp3) is 0.600. The third-order valence-corrected chi connectivity index (χ3v) is 2.31. The minimum absolute atomic E-state index is 0.0314. The van der Waals surface area contributed by atoms with Crippen LogP contribution in [0, 0.1) is 13.8 Å². The van der Waals surface area contributed by atoms with Crippen molar-refractivity contribution in [3.63, 3.8) is 0 Å². The number of nitrogens with zero attached hydrogens (tertiary/aromatic N) is 2. The number of likely N-dealkylation sites (N-methyl/N-ethyl adjacent to an activating group) is 1. The van der Waals surface area contributed by atoms with Crippen LogP contribution in [0.2, 0.25) is 0 Å². The van der Waals surface area contributed by atoms with Crippen molar-refractivity contribution in [1.82, 2.24) is 15.1 Å². The topological polar surface area (TPSA) is 59.0 Å². The lowest BCUT2D eigenvalue weighted by Gasteiger charge is -2.05. The number of anilines is 1. The quantitative estimate of drug-likeness (QED) is 0.764. The Morgan fingerprint density at radius 3 is 2.60 bits per heavy atom. The number of aryl methyl sites for hydroxylation is 2. The van der Waals surface area contributed by atoms with Gasteiger partial charge >= 0.3 is 0 Å². The van der Waals surface area contributed by atoms with Gasteiger partial charge in [0.15, 0.2) is 0 Å². The standard InChI is InChI=1S/C10H18N4O/c1-5-11-6-9(15)12-10-7(2)13-14(4)8(10)3/h11H,5-6H2,1-4H3,(H,12,15). The molecule has 1 heterocycles. The van der Waals surface area contributed by atoms with Crippen LogP contribution >= 0.6 is 0 Å². The minimum Gasteiger partial charge on any atom is -0.322 e. The predicted molar refractivity (Wildman–Crippen MR) is 59.9 cm³/mol. The van der Waals surface area contributed by atoms with Crippen LogP contribution in [0.15, 0.2) is 0 Å². The molecule has 0 saturated heterocycles. The zero-order chi connectivity index (χ0) is 11.4. The normalized spacial score (nSPS) is 10.4. The van der Waals surface area contributed by atoms with Crippen molar-refractivity contribution in [2.75, 3.05) is 18.4 Å². The molecule has 1 aromatic rings. The third kappa shape index (κ3) is 2.79. The Morgan fingerprint density at radius 1 is 1.47 bits per heavy atom. The number of aromatic nitrogens is 2. The van der Waals surface area contributed by atoms with Crippen LogP contribution in [-0.2, 0) is 11.8 Å². The van der Waals surface area contributed by atoms with E-state index in [1.165, 1.54) is 0 Å². The van der Waals surface area contributed by atoms with Gasteiger partial charge in [0.25, 0.3) is 0 Å². The number of carbonyl (C=O) groups excluding carboxylic acids is 1. The smallest absolute Gasteiger partial charge is 0.238 e. The zero-order valence-corrected chi connectivity index (χ0v) is 9.72. The first kappa shape index (κ1) is 11.7. The van der Waals surface area contributed by atoms with Crippen LogP contribution in [-0.4, -0.2) is 28.8 Å². The average Bonchev–Trinajstić information content (AvgIpc) is 2.42. The SMILES string of the molecule is CCNCC(=O)Nc1c(C)nn(C)c1C. The number of hydrogen-bond donors (Lipinski definition) is 2. The molecule has 2 N–H and O–H groups in total. The maximum absolute atomic E-state index is 11.5. The van der Waals surface area contributed by atoms with E-state index in [1.807, 2.05) is 27.8 Å². The summed E-state index contributed by atoms with van der Waals surface area (Å²) in [6, 6.07) is 0. The molecular weight excluding hydrogens is 192 g/mol. The summed E-state index contributed by atoms with van der Waals surface area (Å²) < 4.78 is 1.76. The molecule has 1 rings (SSSR count). The minimum atomic E-state index is -0.0314. The average molecular weight is 210 g/mol. The van der Waals surface area contributed by atoms with Crippen LogP contribution in [0.4, 0.5) is 5.69 Å². The first-order valence-electron chi connectivity index (χ1n) is 5.07. The van der Waals surface area contributed by atoms with Crippen molar-refractivity contribution < 1.29 is 4.79 Å². The van der Waals surface area contributed by atoms with Crippen LogP contribution in [0.5, 0.6) is 0 Å². The highest BCUT2D eigenvalue weighted by Crippen LogP contribution is 2.17. The largest absolute Gasteiger partial charge is 0.322 e. The second kappa shape index (κ2) is 4.93. The van der Waals surface area contributed by atoms with E-state index >= 15 is 0 Å². The van der Waals surface area contributed by atoms with Gasteiger partial charge < -0.3 is 10.6 Å². The molecule has 15 heavy (non-hydrogen) atoms. The molecule has 1 aromatic heterocycles. The Kier molecular flexibility index (Phi) is 3.85. The monoisotopic (exact) mass is 210 g/mol. The Bertz CT molecular complexity index is 357. The van der Waals surface area contributed by atoms with E-state index in [-0.39, 0.29) is 5.91 Å². The van der Waals surface area contributed by atoms with Gasteiger partial charge in [0, 0.05) is 7.05 Å². The summed E-state index contributed by atoms with van der Waals surface area (Å²) in [4.78, 5) is 11.5. The summed E-state index contributed by atoms with van der Waals surface area (Å²) in [7, 11) is 1.86. The first-order valence-corrected chi connectivity index (χ1v) is 5.07. The molecule has 0 saturated carbocycles. The molecule has 0 radical (unpaired) electrons. The van der Waals surface area contributed by atoms with Crippen molar-refractivity contribution in [1.29, 1.82) is 0 Å². The van der Waals surface area contributed by atoms with Gasteiger partial charge in [-0.25, -0.2) is 0 Å².